The van der Waals surface area contributed by atoms with E-state index in [0.717, 1.165) is 6.20 Å². The third-order valence-corrected chi connectivity index (χ3v) is 7.87. The van der Waals surface area contributed by atoms with Gasteiger partial charge in [-0.15, -0.1) is 0 Å². The predicted octanol–water partition coefficient (Wildman–Crippen LogP) is -3.33. The fourth-order valence-corrected chi connectivity index (χ4v) is 5.74. The van der Waals surface area contributed by atoms with E-state index < -0.39 is 78.4 Å². The number of ether oxygens (including phenoxy) is 1. The number of aromatic amines is 1. The summed E-state index contributed by atoms with van der Waals surface area (Å²) in [5, 5.41) is 31.4. The van der Waals surface area contributed by atoms with Crippen LogP contribution in [-0.2, 0) is 42.9 Å². The highest BCUT2D eigenvalue weighted by Crippen LogP contribution is 2.66. The smallest absolute Gasteiger partial charge is 0.480 e. The zero-order valence-corrected chi connectivity index (χ0v) is 19.7. The minimum absolute atomic E-state index is 0.159. The van der Waals surface area contributed by atoms with Gasteiger partial charge in [0.2, 0.25) is 0 Å². The molecule has 1 aromatic heterocycles. The molecule has 0 aromatic carbocycles. The highest BCUT2D eigenvalue weighted by atomic mass is 31.3. The van der Waals surface area contributed by atoms with Crippen LogP contribution in [0.2, 0.25) is 0 Å². The minimum atomic E-state index is -5.79. The van der Waals surface area contributed by atoms with Crippen LogP contribution in [0.5, 0.6) is 0 Å². The van der Waals surface area contributed by atoms with Crippen molar-refractivity contribution in [3.63, 3.8) is 0 Å². The van der Waals surface area contributed by atoms with E-state index in [4.69, 9.17) is 24.5 Å². The second kappa shape index (κ2) is 11.2. The molecule has 23 heteroatoms. The summed E-state index contributed by atoms with van der Waals surface area (Å²) < 4.78 is 51.0. The summed E-state index contributed by atoms with van der Waals surface area (Å²) in [5.41, 5.74) is -2.16. The number of carbonyl (C=O) groups is 1. The predicted molar refractivity (Wildman–Crippen MR) is 106 cm³/mol. The van der Waals surface area contributed by atoms with Crippen molar-refractivity contribution in [2.45, 2.75) is 31.1 Å². The van der Waals surface area contributed by atoms with Gasteiger partial charge >= 0.3 is 35.1 Å². The molecule has 1 saturated heterocycles. The molecule has 2 heterocycles. The number of aromatic nitrogens is 2. The first-order valence-electron chi connectivity index (χ1n) is 8.97. The Bertz CT molecular complexity index is 1190. The summed E-state index contributed by atoms with van der Waals surface area (Å²) in [7, 11) is -17.0. The van der Waals surface area contributed by atoms with Crippen LogP contribution < -0.4 is 16.6 Å². The molecule has 6 atom stereocenters. The van der Waals surface area contributed by atoms with Crippen LogP contribution in [0.15, 0.2) is 15.8 Å². The summed E-state index contributed by atoms with van der Waals surface area (Å²) in [6.45, 7) is -1.96. The third kappa shape index (κ3) is 8.78. The lowest BCUT2D eigenvalue weighted by atomic mass is 10.1. The average Bonchev–Trinajstić information content (AvgIpc) is 2.93. The van der Waals surface area contributed by atoms with Crippen molar-refractivity contribution >= 4 is 29.4 Å². The van der Waals surface area contributed by atoms with Crippen LogP contribution in [0, 0.1) is 0 Å². The van der Waals surface area contributed by atoms with Crippen LogP contribution in [0.25, 0.3) is 0 Å². The van der Waals surface area contributed by atoms with Gasteiger partial charge in [-0.3, -0.25) is 23.7 Å². The number of nitrogens with zero attached hydrogens (tertiary/aromatic N) is 1. The van der Waals surface area contributed by atoms with Crippen molar-refractivity contribution in [3.05, 3.63) is 32.6 Å². The summed E-state index contributed by atoms with van der Waals surface area (Å²) in [5.74, 6) is -1.23. The van der Waals surface area contributed by atoms with Crippen molar-refractivity contribution in [3.8, 4) is 0 Å². The maximum Gasteiger partial charge on any atom is 0.490 e. The lowest BCUT2D eigenvalue weighted by molar-refractivity contribution is -0.136. The molecule has 2 rings (SSSR count). The largest absolute Gasteiger partial charge is 0.490 e. The van der Waals surface area contributed by atoms with E-state index >= 15 is 0 Å². The number of hydrogen-bond donors (Lipinski definition) is 9. The highest BCUT2D eigenvalue weighted by Gasteiger charge is 2.46. The molecule has 0 aliphatic carbocycles. The van der Waals surface area contributed by atoms with Gasteiger partial charge in [-0.25, -0.2) is 18.5 Å². The number of hydrogen-bond acceptors (Lipinski definition) is 13. The Morgan fingerprint density at radius 3 is 2.29 bits per heavy atom. The van der Waals surface area contributed by atoms with E-state index in [1.54, 1.807) is 0 Å². The van der Waals surface area contributed by atoms with Crippen LogP contribution in [0.3, 0.4) is 0 Å². The van der Waals surface area contributed by atoms with Crippen molar-refractivity contribution in [2.24, 2.45) is 0 Å². The number of phosphoric acid groups is 3. The van der Waals surface area contributed by atoms with Crippen molar-refractivity contribution in [2.75, 3.05) is 13.2 Å². The van der Waals surface area contributed by atoms with Gasteiger partial charge in [-0.05, 0) is 0 Å². The fraction of sp³-hybridized carbons (Fsp3) is 0.583. The normalized spacial score (nSPS) is 26.2. The molecule has 0 saturated carbocycles. The van der Waals surface area contributed by atoms with Crippen molar-refractivity contribution in [1.82, 2.24) is 14.9 Å². The van der Waals surface area contributed by atoms with Crippen LogP contribution in [0.1, 0.15) is 11.8 Å². The molecule has 1 aliphatic heterocycles. The monoisotopic (exact) mass is 571 g/mol. The van der Waals surface area contributed by atoms with Crippen molar-refractivity contribution in [1.29, 1.82) is 0 Å². The summed E-state index contributed by atoms with van der Waals surface area (Å²) in [6, 6.07) is 0. The Morgan fingerprint density at radius 2 is 1.71 bits per heavy atom. The van der Waals surface area contributed by atoms with Crippen LogP contribution >= 0.6 is 23.5 Å². The Hall–Kier alpha value is -1.60. The topological polar surface area (TPSA) is 314 Å². The molecule has 1 aromatic rings. The fourth-order valence-electron chi connectivity index (χ4n) is 2.71. The van der Waals surface area contributed by atoms with Crippen LogP contribution in [-0.4, -0.2) is 81.9 Å². The van der Waals surface area contributed by atoms with Gasteiger partial charge in [0.15, 0.2) is 6.23 Å². The number of H-pyrrole nitrogens is 1. The quantitative estimate of drug-likeness (QED) is 0.111. The van der Waals surface area contributed by atoms with E-state index in [2.05, 4.69) is 18.5 Å². The number of phosphoric ester groups is 1. The molecule has 0 bridgehead atoms. The van der Waals surface area contributed by atoms with E-state index in [0.29, 0.717) is 4.57 Å². The van der Waals surface area contributed by atoms with Gasteiger partial charge in [0.1, 0.15) is 18.3 Å². The van der Waals surface area contributed by atoms with Gasteiger partial charge in [-0.2, -0.15) is 8.62 Å². The number of carboxylic acids is 1. The number of nitrogens with one attached hydrogen (secondary N) is 2. The van der Waals surface area contributed by atoms with E-state index in [-0.39, 0.29) is 12.1 Å². The molecule has 1 aliphatic rings. The SMILES string of the molecule is O=C(O)CNCc1cn([C@@H]2O[C@H](COP(=O)(O)OP(=O)(O)OP(=O)(O)O)[C@@H](O)[C@H]2O)c(=O)[nH]c1=O. The molecule has 200 valence electrons. The Kier molecular flexibility index (Phi) is 9.48. The highest BCUT2D eigenvalue weighted by molar-refractivity contribution is 7.66. The second-order valence-electron chi connectivity index (χ2n) is 6.75. The van der Waals surface area contributed by atoms with Gasteiger partial charge < -0.3 is 44.9 Å². The number of aliphatic hydroxyl groups is 2. The number of carboxylic acid groups (broad SMARTS) is 1. The number of aliphatic hydroxyl groups excluding tert-OH is 2. The maximum absolute atomic E-state index is 12.2. The first-order chi connectivity index (χ1) is 15.9. The van der Waals surface area contributed by atoms with Gasteiger partial charge in [0.05, 0.1) is 13.2 Å². The molecule has 9 N–H and O–H groups in total. The summed E-state index contributed by atoms with van der Waals surface area (Å²) >= 11 is 0. The number of aliphatic carboxylic acids is 1. The van der Waals surface area contributed by atoms with Crippen LogP contribution in [0.4, 0.5) is 0 Å². The lowest BCUT2D eigenvalue weighted by Gasteiger charge is -2.19. The van der Waals surface area contributed by atoms with Gasteiger partial charge in [-0.1, -0.05) is 0 Å². The van der Waals surface area contributed by atoms with Gasteiger partial charge in [0.25, 0.3) is 5.56 Å². The zero-order valence-electron chi connectivity index (χ0n) is 17.0. The molecule has 0 amide bonds. The number of rotatable bonds is 12. The molecule has 2 unspecified atom stereocenters. The standard InChI is InChI=1S/C12H20N3O17P3/c16-7(17)2-13-1-5-3-15(12(21)14-10(5)20)11-9(19)8(18)6(30-11)4-29-34(25,26)32-35(27,28)31-33(22,23)24/h3,6,8-9,11,13,18-19H,1-2,4H2,(H,16,17)(H,25,26)(H,27,28)(H,14,20,21)(H2,22,23,24)/t6-,8-,9-,11-/m1/s1. The first kappa shape index (κ1) is 29.6. The van der Waals surface area contributed by atoms with E-state index in [1.807, 2.05) is 4.98 Å². The lowest BCUT2D eigenvalue weighted by Crippen LogP contribution is -2.39. The summed E-state index contributed by atoms with van der Waals surface area (Å²) in [4.78, 5) is 72.1. The molecular formula is C12H20N3O17P3. The van der Waals surface area contributed by atoms with E-state index in [9.17, 15) is 43.2 Å². The molecule has 0 radical (unpaired) electrons. The second-order valence-corrected chi connectivity index (χ2v) is 11.2. The molecule has 20 nitrogen and oxygen atoms in total. The zero-order chi connectivity index (χ0) is 26.8. The minimum Gasteiger partial charge on any atom is -0.480 e. The Labute approximate surface area is 193 Å². The molecule has 1 fully saturated rings. The summed E-state index contributed by atoms with van der Waals surface area (Å²) in [6.07, 6.45) is -6.23. The van der Waals surface area contributed by atoms with Gasteiger partial charge in [0, 0.05) is 18.3 Å². The Morgan fingerprint density at radius 1 is 1.09 bits per heavy atom. The molecular weight excluding hydrogens is 551 g/mol. The Balaban J connectivity index is 2.12. The first-order valence-corrected chi connectivity index (χ1v) is 13.5. The van der Waals surface area contributed by atoms with E-state index in [1.165, 1.54) is 0 Å². The maximum atomic E-state index is 12.2. The molecule has 35 heavy (non-hydrogen) atoms. The average molecular weight is 571 g/mol. The third-order valence-electron chi connectivity index (χ3n) is 4.06. The molecule has 0 spiro atoms. The van der Waals surface area contributed by atoms with Crippen molar-refractivity contribution < 1.29 is 71.3 Å².